The van der Waals surface area contributed by atoms with E-state index in [1.807, 2.05) is 0 Å². The van der Waals surface area contributed by atoms with Gasteiger partial charge in [0, 0.05) is 20.1 Å². The minimum Gasteiger partial charge on any atom is -0.379 e. The molecule has 1 fully saturated rings. The normalized spacial score (nSPS) is 17.9. The molecule has 1 saturated heterocycles. The van der Waals surface area contributed by atoms with Gasteiger partial charge in [0.1, 0.15) is 0 Å². The zero-order valence-corrected chi connectivity index (χ0v) is 12.8. The average Bonchev–Trinajstić information content (AvgIpc) is 2.37. The molecule has 0 unspecified atom stereocenters. The van der Waals surface area contributed by atoms with Crippen LogP contribution in [-0.4, -0.2) is 49.7 Å². The summed E-state index contributed by atoms with van der Waals surface area (Å²) in [6, 6.07) is 0. The predicted octanol–water partition coefficient (Wildman–Crippen LogP) is 2.04. The number of carbonyl (C=O) groups excluding carboxylic acids is 1. The fraction of sp³-hybridized carbons (Fsp3) is 0.933. The number of carbonyl (C=O) groups is 1. The van der Waals surface area contributed by atoms with Gasteiger partial charge in [-0.15, -0.1) is 0 Å². The molecule has 1 aliphatic rings. The molecule has 0 aromatic heterocycles. The van der Waals surface area contributed by atoms with Gasteiger partial charge in [0.2, 0.25) is 5.91 Å². The Hall–Kier alpha value is -0.610. The van der Waals surface area contributed by atoms with E-state index in [0.29, 0.717) is 12.0 Å². The van der Waals surface area contributed by atoms with E-state index in [-0.39, 0.29) is 5.91 Å². The van der Waals surface area contributed by atoms with Crippen LogP contribution in [0.3, 0.4) is 0 Å². The summed E-state index contributed by atoms with van der Waals surface area (Å²) < 4.78 is 5.54. The number of unbranched alkanes of at least 4 members (excludes halogenated alkanes) is 1. The fourth-order valence-electron chi connectivity index (χ4n) is 2.46. The quantitative estimate of drug-likeness (QED) is 0.686. The van der Waals surface area contributed by atoms with Crippen LogP contribution in [0.4, 0.5) is 0 Å². The standard InChI is InChI=1S/C15H30N2O2/c1-13(2)19-11-5-4-8-17-9-6-15(7-10-17)12-16-14(3)18/h13,15H,4-12H2,1-3H3,(H,16,18). The van der Waals surface area contributed by atoms with Crippen molar-refractivity contribution in [1.82, 2.24) is 10.2 Å². The van der Waals surface area contributed by atoms with E-state index in [1.54, 1.807) is 6.92 Å². The predicted molar refractivity (Wildman–Crippen MR) is 78.2 cm³/mol. The minimum atomic E-state index is 0.0904. The Morgan fingerprint density at radius 2 is 2.00 bits per heavy atom. The van der Waals surface area contributed by atoms with Gasteiger partial charge in [-0.3, -0.25) is 4.79 Å². The van der Waals surface area contributed by atoms with Gasteiger partial charge >= 0.3 is 0 Å². The lowest BCUT2D eigenvalue weighted by Gasteiger charge is -2.31. The van der Waals surface area contributed by atoms with Crippen molar-refractivity contribution in [3.8, 4) is 0 Å². The van der Waals surface area contributed by atoms with E-state index >= 15 is 0 Å². The monoisotopic (exact) mass is 270 g/mol. The summed E-state index contributed by atoms with van der Waals surface area (Å²) in [5.74, 6) is 0.761. The van der Waals surface area contributed by atoms with Crippen molar-refractivity contribution in [2.45, 2.75) is 52.6 Å². The molecule has 1 amide bonds. The first-order chi connectivity index (χ1) is 9.08. The summed E-state index contributed by atoms with van der Waals surface area (Å²) in [5.41, 5.74) is 0. The van der Waals surface area contributed by atoms with E-state index < -0.39 is 0 Å². The van der Waals surface area contributed by atoms with Crippen molar-refractivity contribution in [2.24, 2.45) is 5.92 Å². The maximum Gasteiger partial charge on any atom is 0.216 e. The number of likely N-dealkylation sites (tertiary alicyclic amines) is 1. The third-order valence-electron chi connectivity index (χ3n) is 3.67. The van der Waals surface area contributed by atoms with E-state index in [9.17, 15) is 4.79 Å². The van der Waals surface area contributed by atoms with E-state index in [0.717, 1.165) is 19.6 Å². The second-order valence-electron chi connectivity index (χ2n) is 5.85. The maximum absolute atomic E-state index is 10.9. The Kier molecular flexibility index (Phi) is 8.07. The highest BCUT2D eigenvalue weighted by Crippen LogP contribution is 2.16. The van der Waals surface area contributed by atoms with Crippen molar-refractivity contribution >= 4 is 5.91 Å². The topological polar surface area (TPSA) is 41.6 Å². The third kappa shape index (κ3) is 8.22. The van der Waals surface area contributed by atoms with E-state index in [2.05, 4.69) is 24.1 Å². The number of hydrogen-bond acceptors (Lipinski definition) is 3. The molecular weight excluding hydrogens is 240 g/mol. The molecule has 0 saturated carbocycles. The van der Waals surface area contributed by atoms with Gasteiger partial charge in [-0.25, -0.2) is 0 Å². The summed E-state index contributed by atoms with van der Waals surface area (Å²) in [6.07, 6.45) is 5.16. The second-order valence-corrected chi connectivity index (χ2v) is 5.85. The zero-order valence-electron chi connectivity index (χ0n) is 12.8. The van der Waals surface area contributed by atoms with Crippen LogP contribution in [0.5, 0.6) is 0 Å². The SMILES string of the molecule is CC(=O)NCC1CCN(CCCCOC(C)C)CC1. The number of ether oxygens (including phenoxy) is 1. The lowest BCUT2D eigenvalue weighted by molar-refractivity contribution is -0.119. The zero-order chi connectivity index (χ0) is 14.1. The van der Waals surface area contributed by atoms with Crippen LogP contribution in [0.15, 0.2) is 0 Å². The van der Waals surface area contributed by atoms with E-state index in [1.165, 1.54) is 38.9 Å². The molecule has 0 aromatic carbocycles. The third-order valence-corrected chi connectivity index (χ3v) is 3.67. The van der Waals surface area contributed by atoms with Crippen molar-refractivity contribution in [1.29, 1.82) is 0 Å². The molecule has 0 aliphatic carbocycles. The van der Waals surface area contributed by atoms with Crippen molar-refractivity contribution in [3.63, 3.8) is 0 Å². The van der Waals surface area contributed by atoms with Gasteiger partial charge in [-0.05, 0) is 65.1 Å². The van der Waals surface area contributed by atoms with Gasteiger partial charge in [-0.2, -0.15) is 0 Å². The second kappa shape index (κ2) is 9.32. The molecule has 4 nitrogen and oxygen atoms in total. The van der Waals surface area contributed by atoms with Crippen LogP contribution in [0.25, 0.3) is 0 Å². The minimum absolute atomic E-state index is 0.0904. The number of rotatable bonds is 8. The smallest absolute Gasteiger partial charge is 0.216 e. The molecule has 0 bridgehead atoms. The first kappa shape index (κ1) is 16.4. The van der Waals surface area contributed by atoms with Crippen LogP contribution in [0.1, 0.15) is 46.5 Å². The van der Waals surface area contributed by atoms with Crippen LogP contribution in [-0.2, 0) is 9.53 Å². The van der Waals surface area contributed by atoms with Crippen molar-refractivity contribution in [2.75, 3.05) is 32.8 Å². The molecule has 0 atom stereocenters. The number of amides is 1. The number of piperidine rings is 1. The van der Waals surface area contributed by atoms with E-state index in [4.69, 9.17) is 4.74 Å². The Morgan fingerprint density at radius 1 is 1.32 bits per heavy atom. The molecule has 112 valence electrons. The number of hydrogen-bond donors (Lipinski definition) is 1. The van der Waals surface area contributed by atoms with Gasteiger partial charge in [-0.1, -0.05) is 0 Å². The lowest BCUT2D eigenvalue weighted by Crippen LogP contribution is -2.38. The molecule has 1 N–H and O–H groups in total. The van der Waals surface area contributed by atoms with Crippen molar-refractivity contribution < 1.29 is 9.53 Å². The number of nitrogens with one attached hydrogen (secondary N) is 1. The van der Waals surface area contributed by atoms with Gasteiger partial charge < -0.3 is 15.0 Å². The highest BCUT2D eigenvalue weighted by atomic mass is 16.5. The maximum atomic E-state index is 10.9. The molecular formula is C15H30N2O2. The molecule has 1 rings (SSSR count). The first-order valence-electron chi connectivity index (χ1n) is 7.66. The highest BCUT2D eigenvalue weighted by molar-refractivity contribution is 5.72. The molecule has 1 aliphatic heterocycles. The Bertz CT molecular complexity index is 249. The molecule has 0 radical (unpaired) electrons. The summed E-state index contributed by atoms with van der Waals surface area (Å²) in [7, 11) is 0. The molecule has 0 aromatic rings. The summed E-state index contributed by atoms with van der Waals surface area (Å²) in [5, 5.41) is 2.93. The fourth-order valence-corrected chi connectivity index (χ4v) is 2.46. The van der Waals surface area contributed by atoms with Crippen LogP contribution in [0, 0.1) is 5.92 Å². The summed E-state index contributed by atoms with van der Waals surface area (Å²) in [4.78, 5) is 13.4. The first-order valence-corrected chi connectivity index (χ1v) is 7.66. The molecule has 4 heteroatoms. The van der Waals surface area contributed by atoms with Gasteiger partial charge in [0.15, 0.2) is 0 Å². The number of nitrogens with zero attached hydrogens (tertiary/aromatic N) is 1. The molecule has 19 heavy (non-hydrogen) atoms. The summed E-state index contributed by atoms with van der Waals surface area (Å²) in [6.45, 7) is 11.0. The highest BCUT2D eigenvalue weighted by Gasteiger charge is 2.18. The Balaban J connectivity index is 1.99. The van der Waals surface area contributed by atoms with Gasteiger partial charge in [0.05, 0.1) is 6.10 Å². The van der Waals surface area contributed by atoms with Crippen LogP contribution in [0.2, 0.25) is 0 Å². The van der Waals surface area contributed by atoms with Crippen LogP contribution >= 0.6 is 0 Å². The summed E-state index contributed by atoms with van der Waals surface area (Å²) >= 11 is 0. The Labute approximate surface area is 117 Å². The van der Waals surface area contributed by atoms with Crippen molar-refractivity contribution in [3.05, 3.63) is 0 Å². The van der Waals surface area contributed by atoms with Gasteiger partial charge in [0.25, 0.3) is 0 Å². The molecule has 1 heterocycles. The van der Waals surface area contributed by atoms with Crippen LogP contribution < -0.4 is 5.32 Å². The lowest BCUT2D eigenvalue weighted by atomic mass is 9.96. The Morgan fingerprint density at radius 3 is 2.58 bits per heavy atom. The molecule has 0 spiro atoms. The average molecular weight is 270 g/mol. The largest absolute Gasteiger partial charge is 0.379 e.